The van der Waals surface area contributed by atoms with E-state index in [0.717, 1.165) is 12.1 Å². The van der Waals surface area contributed by atoms with Crippen molar-refractivity contribution in [3.63, 3.8) is 0 Å². The highest BCUT2D eigenvalue weighted by Gasteiger charge is 2.26. The molecule has 0 spiro atoms. The molecule has 0 aliphatic rings. The number of benzene rings is 1. The quantitative estimate of drug-likeness (QED) is 0.567. The monoisotopic (exact) mass is 227 g/mol. The van der Waals surface area contributed by atoms with E-state index in [2.05, 4.69) is 0 Å². The molecular weight excluding hydrogens is 226 g/mol. The Morgan fingerprint density at radius 2 is 1.60 bits per heavy atom. The molecule has 76 valence electrons. The van der Waals surface area contributed by atoms with Crippen molar-refractivity contribution in [2.75, 3.05) is 0 Å². The molecular formula is C7H2ClN3O4. The Hall–Kier alpha value is -2.20. The van der Waals surface area contributed by atoms with Crippen molar-refractivity contribution in [3.05, 3.63) is 42.9 Å². The summed E-state index contributed by atoms with van der Waals surface area (Å²) in [7, 11) is 0. The Morgan fingerprint density at radius 3 is 1.87 bits per heavy atom. The Labute approximate surface area is 87.8 Å². The maximum atomic E-state index is 10.5. The summed E-state index contributed by atoms with van der Waals surface area (Å²) in [4.78, 5) is 19.2. The summed E-state index contributed by atoms with van der Waals surface area (Å²) in [5.74, 6) is 0. The summed E-state index contributed by atoms with van der Waals surface area (Å²) in [5.41, 5.74) is -1.94. The van der Waals surface area contributed by atoms with Gasteiger partial charge in [0.2, 0.25) is 5.56 Å². The van der Waals surface area contributed by atoms with Crippen LogP contribution in [0.5, 0.6) is 0 Å². The lowest BCUT2D eigenvalue weighted by Crippen LogP contribution is -1.98. The lowest BCUT2D eigenvalue weighted by atomic mass is 10.1. The van der Waals surface area contributed by atoms with Gasteiger partial charge >= 0.3 is 0 Å². The number of rotatable bonds is 2. The first-order valence-corrected chi connectivity index (χ1v) is 3.87. The zero-order valence-electron chi connectivity index (χ0n) is 7.01. The third-order valence-electron chi connectivity index (χ3n) is 1.57. The lowest BCUT2D eigenvalue weighted by Gasteiger charge is -1.97. The molecule has 0 unspecified atom stereocenters. The summed E-state index contributed by atoms with van der Waals surface area (Å²) in [6.45, 7) is 0. The largest absolute Gasteiger partial charge is 0.295 e. The maximum absolute atomic E-state index is 10.5. The second-order valence-electron chi connectivity index (χ2n) is 2.45. The van der Waals surface area contributed by atoms with Gasteiger partial charge in [-0.2, -0.15) is 5.26 Å². The molecule has 0 fully saturated rings. The molecule has 0 bridgehead atoms. The highest BCUT2D eigenvalue weighted by atomic mass is 35.5. The minimum absolute atomic E-state index is 0.160. The first-order chi connectivity index (χ1) is 6.97. The summed E-state index contributed by atoms with van der Waals surface area (Å²) in [6, 6.07) is 3.20. The van der Waals surface area contributed by atoms with Crippen LogP contribution in [0.1, 0.15) is 5.56 Å². The second-order valence-corrected chi connectivity index (χ2v) is 2.88. The fourth-order valence-electron chi connectivity index (χ4n) is 0.981. The number of hydrogen-bond donors (Lipinski definition) is 0. The molecule has 0 saturated carbocycles. The van der Waals surface area contributed by atoms with E-state index in [1.807, 2.05) is 0 Å². The van der Waals surface area contributed by atoms with Crippen molar-refractivity contribution in [2.45, 2.75) is 0 Å². The Kier molecular flexibility index (Phi) is 2.82. The zero-order valence-corrected chi connectivity index (χ0v) is 7.76. The summed E-state index contributed by atoms with van der Waals surface area (Å²) >= 11 is 5.45. The van der Waals surface area contributed by atoms with Crippen LogP contribution >= 0.6 is 11.6 Å². The van der Waals surface area contributed by atoms with Crippen molar-refractivity contribution in [2.24, 2.45) is 0 Å². The number of nitro groups is 2. The highest BCUT2D eigenvalue weighted by Crippen LogP contribution is 2.31. The standard InChI is InChI=1S/C7H2ClN3O4/c8-4-1-6(10(12)13)5(3-9)7(2-4)11(14)15/h1-2H. The number of nitro benzene ring substituents is 2. The minimum Gasteiger partial charge on any atom is -0.258 e. The van der Waals surface area contributed by atoms with Crippen molar-refractivity contribution in [1.82, 2.24) is 0 Å². The first-order valence-electron chi connectivity index (χ1n) is 3.49. The van der Waals surface area contributed by atoms with Gasteiger partial charge in [-0.3, -0.25) is 20.2 Å². The van der Waals surface area contributed by atoms with E-state index in [-0.39, 0.29) is 5.02 Å². The molecule has 0 atom stereocenters. The van der Waals surface area contributed by atoms with Crippen LogP contribution in [0.15, 0.2) is 12.1 Å². The van der Waals surface area contributed by atoms with Crippen LogP contribution in [0.25, 0.3) is 0 Å². The smallest absolute Gasteiger partial charge is 0.258 e. The Balaban J connectivity index is 3.62. The maximum Gasteiger partial charge on any atom is 0.295 e. The number of halogens is 1. The van der Waals surface area contributed by atoms with Gasteiger partial charge in [0.15, 0.2) is 0 Å². The molecule has 1 aromatic carbocycles. The number of nitrogens with zero attached hydrogens (tertiary/aromatic N) is 3. The third-order valence-corrected chi connectivity index (χ3v) is 1.78. The molecule has 8 heteroatoms. The molecule has 1 aromatic rings. The van der Waals surface area contributed by atoms with E-state index < -0.39 is 26.8 Å². The minimum atomic E-state index is -0.891. The van der Waals surface area contributed by atoms with E-state index in [0.29, 0.717) is 0 Å². The van der Waals surface area contributed by atoms with E-state index in [4.69, 9.17) is 16.9 Å². The van der Waals surface area contributed by atoms with Gasteiger partial charge in [-0.25, -0.2) is 0 Å². The molecule has 15 heavy (non-hydrogen) atoms. The molecule has 0 aliphatic heterocycles. The number of nitriles is 1. The van der Waals surface area contributed by atoms with Gasteiger partial charge in [0.1, 0.15) is 6.07 Å². The van der Waals surface area contributed by atoms with E-state index >= 15 is 0 Å². The fraction of sp³-hybridized carbons (Fsp3) is 0. The molecule has 0 aliphatic carbocycles. The Bertz CT molecular complexity index is 458. The van der Waals surface area contributed by atoms with Crippen molar-refractivity contribution < 1.29 is 9.85 Å². The average molecular weight is 228 g/mol. The zero-order chi connectivity index (χ0) is 11.6. The van der Waals surface area contributed by atoms with Crippen LogP contribution in [0, 0.1) is 31.6 Å². The topological polar surface area (TPSA) is 110 Å². The van der Waals surface area contributed by atoms with E-state index in [1.165, 1.54) is 6.07 Å². The predicted octanol–water partition coefficient (Wildman–Crippen LogP) is 2.03. The summed E-state index contributed by atoms with van der Waals surface area (Å²) in [5, 5.41) is 29.4. The fourth-order valence-corrected chi connectivity index (χ4v) is 1.19. The van der Waals surface area contributed by atoms with Crippen LogP contribution in [0.4, 0.5) is 11.4 Å². The lowest BCUT2D eigenvalue weighted by molar-refractivity contribution is -0.394. The molecule has 0 aromatic heterocycles. The Morgan fingerprint density at radius 1 is 1.20 bits per heavy atom. The first kappa shape index (κ1) is 10.9. The van der Waals surface area contributed by atoms with Gasteiger partial charge in [-0.05, 0) is 0 Å². The molecule has 0 amide bonds. The van der Waals surface area contributed by atoms with Crippen LogP contribution in [-0.2, 0) is 0 Å². The average Bonchev–Trinajstić information content (AvgIpc) is 2.16. The van der Waals surface area contributed by atoms with Gasteiger partial charge in [0.25, 0.3) is 11.4 Å². The normalized spacial score (nSPS) is 9.33. The highest BCUT2D eigenvalue weighted by molar-refractivity contribution is 6.31. The molecule has 0 heterocycles. The SMILES string of the molecule is N#Cc1c([N+](=O)[O-])cc(Cl)cc1[N+](=O)[O-]. The van der Waals surface area contributed by atoms with Crippen molar-refractivity contribution in [3.8, 4) is 6.07 Å². The van der Waals surface area contributed by atoms with E-state index in [9.17, 15) is 20.2 Å². The predicted molar refractivity (Wildman–Crippen MR) is 49.5 cm³/mol. The van der Waals surface area contributed by atoms with Crippen LogP contribution in [-0.4, -0.2) is 9.85 Å². The van der Waals surface area contributed by atoms with Gasteiger partial charge in [-0.1, -0.05) is 11.6 Å². The van der Waals surface area contributed by atoms with Crippen LogP contribution in [0.2, 0.25) is 5.02 Å². The van der Waals surface area contributed by atoms with Gasteiger partial charge in [-0.15, -0.1) is 0 Å². The van der Waals surface area contributed by atoms with Gasteiger partial charge in [0, 0.05) is 12.1 Å². The third kappa shape index (κ3) is 2.00. The second kappa shape index (κ2) is 3.89. The van der Waals surface area contributed by atoms with E-state index in [1.54, 1.807) is 0 Å². The molecule has 0 N–H and O–H groups in total. The molecule has 1 rings (SSSR count). The van der Waals surface area contributed by atoms with Crippen molar-refractivity contribution in [1.29, 1.82) is 5.26 Å². The molecule has 7 nitrogen and oxygen atoms in total. The molecule has 0 saturated heterocycles. The van der Waals surface area contributed by atoms with Crippen molar-refractivity contribution >= 4 is 23.0 Å². The van der Waals surface area contributed by atoms with Gasteiger partial charge < -0.3 is 0 Å². The number of hydrogen-bond acceptors (Lipinski definition) is 5. The van der Waals surface area contributed by atoms with Crippen LogP contribution < -0.4 is 0 Å². The van der Waals surface area contributed by atoms with Gasteiger partial charge in [0.05, 0.1) is 14.9 Å². The summed E-state index contributed by atoms with van der Waals surface area (Å²) < 4.78 is 0. The molecule has 0 radical (unpaired) electrons. The van der Waals surface area contributed by atoms with Crippen LogP contribution in [0.3, 0.4) is 0 Å². The summed E-state index contributed by atoms with van der Waals surface area (Å²) in [6.07, 6.45) is 0.